The zero-order chi connectivity index (χ0) is 11.7. The van der Waals surface area contributed by atoms with E-state index in [-0.39, 0.29) is 6.61 Å². The molecule has 0 bridgehead atoms. The largest absolute Gasteiger partial charge is 0.497 e. The number of hydrogen-bond donors (Lipinski definition) is 1. The number of aliphatic hydroxyl groups is 1. The minimum atomic E-state index is 0.0647. The zero-order valence-electron chi connectivity index (χ0n) is 9.90. The van der Waals surface area contributed by atoms with E-state index in [1.165, 1.54) is 0 Å². The monoisotopic (exact) mass is 219 g/mol. The second-order valence-corrected chi connectivity index (χ2v) is 4.18. The van der Waals surface area contributed by atoms with Gasteiger partial charge < -0.3 is 14.4 Å². The molecule has 1 aromatic heterocycles. The van der Waals surface area contributed by atoms with E-state index >= 15 is 0 Å². The Labute approximate surface area is 95.3 Å². The Morgan fingerprint density at radius 3 is 2.62 bits per heavy atom. The molecule has 3 heteroatoms. The Kier molecular flexibility index (Phi) is 2.88. The van der Waals surface area contributed by atoms with Gasteiger partial charge in [0.2, 0.25) is 0 Å². The van der Waals surface area contributed by atoms with Gasteiger partial charge in [-0.1, -0.05) is 0 Å². The lowest BCUT2D eigenvalue weighted by molar-refractivity contribution is 0.269. The van der Waals surface area contributed by atoms with Crippen LogP contribution in [0.2, 0.25) is 0 Å². The molecule has 0 aliphatic heterocycles. The van der Waals surface area contributed by atoms with Crippen LogP contribution >= 0.6 is 0 Å². The molecule has 0 saturated heterocycles. The van der Waals surface area contributed by atoms with Crippen molar-refractivity contribution in [2.24, 2.45) is 0 Å². The van der Waals surface area contributed by atoms with Gasteiger partial charge in [0.1, 0.15) is 5.75 Å². The molecule has 2 aromatic rings. The highest BCUT2D eigenvalue weighted by Gasteiger charge is 2.11. The normalized spacial score (nSPS) is 11.3. The summed E-state index contributed by atoms with van der Waals surface area (Å²) in [7, 11) is 1.66. The summed E-state index contributed by atoms with van der Waals surface area (Å²) >= 11 is 0. The maximum Gasteiger partial charge on any atom is 0.120 e. The number of hydrogen-bond acceptors (Lipinski definition) is 2. The lowest BCUT2D eigenvalue weighted by atomic mass is 10.2. The standard InChI is InChI=1S/C13H17NO2/c1-9(2)14-11(8-15)6-10-4-5-12(16-3)7-13(10)14/h4-7,9,15H,8H2,1-3H3. The van der Waals surface area contributed by atoms with Crippen molar-refractivity contribution in [3.63, 3.8) is 0 Å². The van der Waals surface area contributed by atoms with Crippen LogP contribution in [0.4, 0.5) is 0 Å². The number of methoxy groups -OCH3 is 1. The molecule has 1 aromatic carbocycles. The molecule has 1 heterocycles. The summed E-state index contributed by atoms with van der Waals surface area (Å²) in [6, 6.07) is 8.32. The lowest BCUT2D eigenvalue weighted by Gasteiger charge is -2.13. The van der Waals surface area contributed by atoms with E-state index in [4.69, 9.17) is 4.74 Å². The molecule has 0 atom stereocenters. The van der Waals surface area contributed by atoms with Gasteiger partial charge in [0.25, 0.3) is 0 Å². The van der Waals surface area contributed by atoms with Crippen LogP contribution < -0.4 is 4.74 Å². The smallest absolute Gasteiger partial charge is 0.120 e. The predicted octanol–water partition coefficient (Wildman–Crippen LogP) is 2.72. The first kappa shape index (κ1) is 11.0. The summed E-state index contributed by atoms with van der Waals surface area (Å²) in [5, 5.41) is 10.5. The quantitative estimate of drug-likeness (QED) is 0.861. The van der Waals surface area contributed by atoms with E-state index in [0.29, 0.717) is 6.04 Å². The van der Waals surface area contributed by atoms with Crippen molar-refractivity contribution in [2.45, 2.75) is 26.5 Å². The summed E-state index contributed by atoms with van der Waals surface area (Å²) in [6.45, 7) is 4.28. The Morgan fingerprint density at radius 2 is 2.06 bits per heavy atom. The van der Waals surface area contributed by atoms with Crippen molar-refractivity contribution in [2.75, 3.05) is 7.11 Å². The minimum absolute atomic E-state index is 0.0647. The van der Waals surface area contributed by atoms with Gasteiger partial charge >= 0.3 is 0 Å². The minimum Gasteiger partial charge on any atom is -0.497 e. The molecule has 0 radical (unpaired) electrons. The van der Waals surface area contributed by atoms with Gasteiger partial charge in [-0.05, 0) is 32.0 Å². The Morgan fingerprint density at radius 1 is 1.31 bits per heavy atom. The second kappa shape index (κ2) is 4.18. The summed E-state index contributed by atoms with van der Waals surface area (Å²) in [5.41, 5.74) is 2.05. The number of nitrogens with zero attached hydrogens (tertiary/aromatic N) is 1. The Balaban J connectivity index is 2.70. The van der Waals surface area contributed by atoms with Crippen LogP contribution in [-0.4, -0.2) is 16.8 Å². The third-order valence-corrected chi connectivity index (χ3v) is 2.81. The van der Waals surface area contributed by atoms with E-state index in [9.17, 15) is 5.11 Å². The third kappa shape index (κ3) is 1.67. The number of fused-ring (bicyclic) bond motifs is 1. The number of benzene rings is 1. The molecular weight excluding hydrogens is 202 g/mol. The first-order valence-corrected chi connectivity index (χ1v) is 5.46. The van der Waals surface area contributed by atoms with Gasteiger partial charge in [-0.2, -0.15) is 0 Å². The summed E-state index contributed by atoms with van der Waals surface area (Å²) in [6.07, 6.45) is 0. The van der Waals surface area contributed by atoms with Crippen molar-refractivity contribution in [1.29, 1.82) is 0 Å². The Bertz CT molecular complexity index is 500. The fourth-order valence-corrected chi connectivity index (χ4v) is 2.12. The summed E-state index contributed by atoms with van der Waals surface area (Å²) < 4.78 is 7.36. The van der Waals surface area contributed by atoms with E-state index in [2.05, 4.69) is 18.4 Å². The van der Waals surface area contributed by atoms with Crippen LogP contribution in [-0.2, 0) is 6.61 Å². The van der Waals surface area contributed by atoms with E-state index in [0.717, 1.165) is 22.3 Å². The highest BCUT2D eigenvalue weighted by Crippen LogP contribution is 2.27. The molecule has 0 unspecified atom stereocenters. The molecule has 2 rings (SSSR count). The number of rotatable bonds is 3. The fraction of sp³-hybridized carbons (Fsp3) is 0.385. The fourth-order valence-electron chi connectivity index (χ4n) is 2.12. The summed E-state index contributed by atoms with van der Waals surface area (Å²) in [4.78, 5) is 0. The van der Waals surface area contributed by atoms with E-state index < -0.39 is 0 Å². The van der Waals surface area contributed by atoms with Gasteiger partial charge in [-0.25, -0.2) is 0 Å². The highest BCUT2D eigenvalue weighted by molar-refractivity contribution is 5.83. The van der Waals surface area contributed by atoms with Gasteiger partial charge in [-0.15, -0.1) is 0 Å². The molecule has 0 aliphatic carbocycles. The van der Waals surface area contributed by atoms with Gasteiger partial charge in [0.05, 0.1) is 19.2 Å². The topological polar surface area (TPSA) is 34.4 Å². The van der Waals surface area contributed by atoms with Crippen molar-refractivity contribution < 1.29 is 9.84 Å². The van der Waals surface area contributed by atoms with Gasteiger partial charge in [-0.3, -0.25) is 0 Å². The van der Waals surface area contributed by atoms with E-state index in [1.807, 2.05) is 24.3 Å². The van der Waals surface area contributed by atoms with Gasteiger partial charge in [0, 0.05) is 23.2 Å². The molecule has 0 spiro atoms. The van der Waals surface area contributed by atoms with Crippen LogP contribution in [0.5, 0.6) is 5.75 Å². The molecule has 0 saturated carbocycles. The number of ether oxygens (including phenoxy) is 1. The van der Waals surface area contributed by atoms with Crippen LogP contribution in [0, 0.1) is 0 Å². The zero-order valence-corrected chi connectivity index (χ0v) is 9.90. The molecule has 0 amide bonds. The average Bonchev–Trinajstić information content (AvgIpc) is 2.65. The van der Waals surface area contributed by atoms with Crippen molar-refractivity contribution in [3.05, 3.63) is 30.0 Å². The third-order valence-electron chi connectivity index (χ3n) is 2.81. The SMILES string of the molecule is COc1ccc2cc(CO)n(C(C)C)c2c1. The van der Waals surface area contributed by atoms with Crippen molar-refractivity contribution >= 4 is 10.9 Å². The first-order valence-electron chi connectivity index (χ1n) is 5.46. The lowest BCUT2D eigenvalue weighted by Crippen LogP contribution is -2.05. The number of aromatic nitrogens is 1. The number of aliphatic hydroxyl groups excluding tert-OH is 1. The highest BCUT2D eigenvalue weighted by atomic mass is 16.5. The Hall–Kier alpha value is -1.48. The van der Waals surface area contributed by atoms with Crippen LogP contribution in [0.25, 0.3) is 10.9 Å². The van der Waals surface area contributed by atoms with Gasteiger partial charge in [0.15, 0.2) is 0 Å². The van der Waals surface area contributed by atoms with Crippen molar-refractivity contribution in [1.82, 2.24) is 4.57 Å². The molecule has 86 valence electrons. The predicted molar refractivity (Wildman–Crippen MR) is 64.8 cm³/mol. The summed E-state index contributed by atoms with van der Waals surface area (Å²) in [5.74, 6) is 0.844. The van der Waals surface area contributed by atoms with Crippen LogP contribution in [0.15, 0.2) is 24.3 Å². The van der Waals surface area contributed by atoms with Crippen LogP contribution in [0.1, 0.15) is 25.6 Å². The van der Waals surface area contributed by atoms with Crippen LogP contribution in [0.3, 0.4) is 0 Å². The maximum absolute atomic E-state index is 9.34. The molecule has 16 heavy (non-hydrogen) atoms. The molecule has 1 N–H and O–H groups in total. The second-order valence-electron chi connectivity index (χ2n) is 4.18. The average molecular weight is 219 g/mol. The molecular formula is C13H17NO2. The molecule has 0 fully saturated rings. The first-order chi connectivity index (χ1) is 7.67. The van der Waals surface area contributed by atoms with Crippen molar-refractivity contribution in [3.8, 4) is 5.75 Å². The molecule has 3 nitrogen and oxygen atoms in total. The molecule has 0 aliphatic rings. The maximum atomic E-state index is 9.34. The van der Waals surface area contributed by atoms with E-state index in [1.54, 1.807) is 7.11 Å².